The lowest BCUT2D eigenvalue weighted by molar-refractivity contribution is 0.626. The molecule has 2 aliphatic carbocycles. The van der Waals surface area contributed by atoms with Gasteiger partial charge in [-0.3, -0.25) is 0 Å². The van der Waals surface area contributed by atoms with Crippen molar-refractivity contribution in [1.29, 1.82) is 0 Å². The molecule has 0 radical (unpaired) electrons. The number of fused-ring (bicyclic) bond motifs is 6. The molecular formula is C46H40N2S2. The number of allylic oxidation sites excluding steroid dienone is 5. The van der Waals surface area contributed by atoms with E-state index in [0.29, 0.717) is 28.5 Å². The number of hydrogen-bond donors (Lipinski definition) is 0. The van der Waals surface area contributed by atoms with Gasteiger partial charge in [0.2, 0.25) is 0 Å². The van der Waals surface area contributed by atoms with Crippen LogP contribution in [0, 0.1) is 0 Å². The van der Waals surface area contributed by atoms with Crippen LogP contribution in [0.4, 0.5) is 22.7 Å². The van der Waals surface area contributed by atoms with Gasteiger partial charge in [-0.2, -0.15) is 0 Å². The predicted molar refractivity (Wildman–Crippen MR) is 214 cm³/mol. The first-order valence-corrected chi connectivity index (χ1v) is 20.0. The summed E-state index contributed by atoms with van der Waals surface area (Å²) in [5.74, 6) is 0.472. The molecule has 0 amide bonds. The van der Waals surface area contributed by atoms with E-state index in [1.165, 1.54) is 75.6 Å². The third kappa shape index (κ3) is 5.18. The molecule has 0 N–H and O–H groups in total. The lowest BCUT2D eigenvalue weighted by atomic mass is 9.91. The van der Waals surface area contributed by atoms with Crippen molar-refractivity contribution in [2.75, 3.05) is 9.80 Å². The van der Waals surface area contributed by atoms with Gasteiger partial charge >= 0.3 is 0 Å². The molecule has 2 nitrogen and oxygen atoms in total. The highest BCUT2D eigenvalue weighted by atomic mass is 32.2. The number of para-hydroxylation sites is 1. The molecule has 3 aliphatic heterocycles. The lowest BCUT2D eigenvalue weighted by Crippen LogP contribution is -2.35. The van der Waals surface area contributed by atoms with E-state index < -0.39 is 0 Å². The van der Waals surface area contributed by atoms with Crippen LogP contribution in [-0.4, -0.2) is 16.5 Å². The molecule has 0 spiro atoms. The molecule has 5 aliphatic rings. The van der Waals surface area contributed by atoms with Gasteiger partial charge in [0.05, 0.1) is 12.1 Å². The molecule has 246 valence electrons. The van der Waals surface area contributed by atoms with Crippen LogP contribution < -0.4 is 9.80 Å². The summed E-state index contributed by atoms with van der Waals surface area (Å²) in [5, 5.41) is 1.17. The van der Waals surface area contributed by atoms with E-state index >= 15 is 0 Å². The van der Waals surface area contributed by atoms with Crippen LogP contribution in [0.2, 0.25) is 0 Å². The Labute approximate surface area is 304 Å². The molecule has 0 bridgehead atoms. The first-order valence-electron chi connectivity index (χ1n) is 18.2. The second-order valence-electron chi connectivity index (χ2n) is 14.2. The third-order valence-electron chi connectivity index (χ3n) is 11.3. The van der Waals surface area contributed by atoms with Crippen molar-refractivity contribution in [2.45, 2.75) is 65.5 Å². The van der Waals surface area contributed by atoms with Crippen LogP contribution >= 0.6 is 23.5 Å². The predicted octanol–water partition coefficient (Wildman–Crippen LogP) is 12.8. The molecule has 50 heavy (non-hydrogen) atoms. The maximum Gasteiger partial charge on any atom is 0.0694 e. The molecule has 5 aromatic rings. The standard InChI is InChI=1S/C46H40N2S2/c1-3-12-31(13-4-1)32-22-24-33(25-23-32)34-26-28-36(29-27-34)47(35-14-5-2-6-15-35)37-16-11-17-38(30-37)48-43-39-18-7-9-20-41(39)49-45(43)46-44(48)40-19-8-10-21-42(40)50-46/h1-7,9,11-12,14-18,20,22-31,43-46H,8,10,13,19,21H2. The zero-order chi connectivity index (χ0) is 33.0. The molecule has 3 heterocycles. The van der Waals surface area contributed by atoms with Crippen LogP contribution in [0.3, 0.4) is 0 Å². The zero-order valence-corrected chi connectivity index (χ0v) is 29.7. The van der Waals surface area contributed by atoms with E-state index in [9.17, 15) is 0 Å². The number of nitrogens with zero attached hydrogens (tertiary/aromatic N) is 2. The van der Waals surface area contributed by atoms with E-state index in [2.05, 4.69) is 185 Å². The first kappa shape index (κ1) is 30.4. The van der Waals surface area contributed by atoms with Gasteiger partial charge in [-0.1, -0.05) is 103 Å². The van der Waals surface area contributed by atoms with Crippen LogP contribution in [0.15, 0.2) is 167 Å². The number of anilines is 4. The van der Waals surface area contributed by atoms with Crippen molar-refractivity contribution in [1.82, 2.24) is 0 Å². The summed E-state index contributed by atoms with van der Waals surface area (Å²) in [6.07, 6.45) is 15.1. The molecule has 1 fully saturated rings. The number of benzene rings is 5. The van der Waals surface area contributed by atoms with Gasteiger partial charge in [-0.05, 0) is 113 Å². The summed E-state index contributed by atoms with van der Waals surface area (Å²) >= 11 is 4.36. The molecule has 5 aromatic carbocycles. The molecule has 0 aromatic heterocycles. The average Bonchev–Trinajstić information content (AvgIpc) is 3.85. The highest BCUT2D eigenvalue weighted by molar-refractivity contribution is 8.06. The Bertz CT molecular complexity index is 2130. The molecule has 1 saturated heterocycles. The van der Waals surface area contributed by atoms with Crippen molar-refractivity contribution in [3.63, 3.8) is 0 Å². The number of hydrogen-bond acceptors (Lipinski definition) is 4. The lowest BCUT2D eigenvalue weighted by Gasteiger charge is -2.35. The van der Waals surface area contributed by atoms with Gasteiger partial charge in [0.1, 0.15) is 0 Å². The Morgan fingerprint density at radius 1 is 0.600 bits per heavy atom. The highest BCUT2D eigenvalue weighted by Crippen LogP contribution is 2.64. The minimum Gasteiger partial charge on any atom is -0.355 e. The Morgan fingerprint density at radius 2 is 1.32 bits per heavy atom. The summed E-state index contributed by atoms with van der Waals surface area (Å²) < 4.78 is 0. The highest BCUT2D eigenvalue weighted by Gasteiger charge is 2.58. The maximum absolute atomic E-state index is 2.84. The van der Waals surface area contributed by atoms with Gasteiger partial charge in [-0.25, -0.2) is 0 Å². The largest absolute Gasteiger partial charge is 0.355 e. The van der Waals surface area contributed by atoms with E-state index in [-0.39, 0.29) is 0 Å². The molecular weight excluding hydrogens is 645 g/mol. The second kappa shape index (κ2) is 12.7. The van der Waals surface area contributed by atoms with E-state index in [0.717, 1.165) is 6.42 Å². The quantitative estimate of drug-likeness (QED) is 0.176. The van der Waals surface area contributed by atoms with Crippen LogP contribution in [-0.2, 0) is 0 Å². The molecule has 0 saturated carbocycles. The first-order chi connectivity index (χ1) is 24.8. The summed E-state index contributed by atoms with van der Waals surface area (Å²) in [7, 11) is 0. The Balaban J connectivity index is 1.02. The van der Waals surface area contributed by atoms with Crippen molar-refractivity contribution >= 4 is 46.3 Å². The minimum absolute atomic E-state index is 0.395. The Kier molecular flexibility index (Phi) is 7.76. The van der Waals surface area contributed by atoms with Gasteiger partial charge < -0.3 is 9.80 Å². The van der Waals surface area contributed by atoms with Crippen LogP contribution in [0.25, 0.3) is 11.1 Å². The third-order valence-corrected chi connectivity index (χ3v) is 14.5. The monoisotopic (exact) mass is 684 g/mol. The Morgan fingerprint density at radius 3 is 2.14 bits per heavy atom. The zero-order valence-electron chi connectivity index (χ0n) is 28.1. The van der Waals surface area contributed by atoms with E-state index in [4.69, 9.17) is 0 Å². The molecule has 5 atom stereocenters. The van der Waals surface area contributed by atoms with Crippen molar-refractivity contribution in [3.8, 4) is 11.1 Å². The molecule has 4 heteroatoms. The van der Waals surface area contributed by atoms with Crippen molar-refractivity contribution in [3.05, 3.63) is 173 Å². The van der Waals surface area contributed by atoms with Gasteiger partial charge in [0.15, 0.2) is 0 Å². The number of rotatable bonds is 6. The SMILES string of the molecule is C1=CCC(c2ccc(-c3ccc(N(c4ccccc4)c4cccc(N5C6C7=C(CCCC7)SC6C6Sc7ccccc7C65)c4)cc3)cc2)C=C1. The Hall–Kier alpha value is -4.38. The van der Waals surface area contributed by atoms with Gasteiger partial charge in [-0.15, -0.1) is 23.5 Å². The number of thioether (sulfide) groups is 2. The van der Waals surface area contributed by atoms with Gasteiger partial charge in [0.25, 0.3) is 0 Å². The van der Waals surface area contributed by atoms with Crippen molar-refractivity contribution < 1.29 is 0 Å². The summed E-state index contributed by atoms with van der Waals surface area (Å²) in [5.41, 5.74) is 12.0. The minimum atomic E-state index is 0.395. The molecule has 10 rings (SSSR count). The molecule has 5 unspecified atom stereocenters. The smallest absolute Gasteiger partial charge is 0.0694 e. The van der Waals surface area contributed by atoms with Crippen molar-refractivity contribution in [2.24, 2.45) is 0 Å². The van der Waals surface area contributed by atoms with Gasteiger partial charge in [0, 0.05) is 44.1 Å². The topological polar surface area (TPSA) is 6.48 Å². The fourth-order valence-corrected chi connectivity index (χ4v) is 12.5. The second-order valence-corrected chi connectivity index (χ2v) is 16.7. The normalized spacial score (nSPS) is 24.6. The van der Waals surface area contributed by atoms with E-state index in [1.807, 2.05) is 0 Å². The fraction of sp³-hybridized carbons (Fsp3) is 0.217. The fourth-order valence-electron chi connectivity index (χ4n) is 8.99. The average molecular weight is 685 g/mol. The summed E-state index contributed by atoms with van der Waals surface area (Å²) in [6, 6.07) is 48.6. The van der Waals surface area contributed by atoms with Crippen LogP contribution in [0.1, 0.15) is 55.2 Å². The van der Waals surface area contributed by atoms with E-state index in [1.54, 1.807) is 10.5 Å². The summed E-state index contributed by atoms with van der Waals surface area (Å²) in [6.45, 7) is 0. The van der Waals surface area contributed by atoms with Crippen LogP contribution in [0.5, 0.6) is 0 Å². The maximum atomic E-state index is 2.84. The summed E-state index contributed by atoms with van der Waals surface area (Å²) in [4.78, 5) is 8.44.